The minimum atomic E-state index is -0.887. The van der Waals surface area contributed by atoms with Crippen LogP contribution in [-0.2, 0) is 11.2 Å². The first-order chi connectivity index (χ1) is 8.83. The Morgan fingerprint density at radius 1 is 1.37 bits per heavy atom. The van der Waals surface area contributed by atoms with E-state index >= 15 is 0 Å². The van der Waals surface area contributed by atoms with Gasteiger partial charge in [0.15, 0.2) is 0 Å². The van der Waals surface area contributed by atoms with E-state index in [0.29, 0.717) is 6.42 Å². The first-order valence-electron chi connectivity index (χ1n) is 6.25. The molecule has 0 radical (unpaired) electrons. The molecule has 0 heterocycles. The van der Waals surface area contributed by atoms with Gasteiger partial charge in [0.25, 0.3) is 0 Å². The molecule has 0 saturated carbocycles. The van der Waals surface area contributed by atoms with Crippen LogP contribution < -0.4 is 5.06 Å². The van der Waals surface area contributed by atoms with Crippen LogP contribution in [0.4, 0.5) is 4.79 Å². The van der Waals surface area contributed by atoms with E-state index in [9.17, 15) is 15.1 Å². The average Bonchev–Trinajstić information content (AvgIpc) is 2.34. The number of alkyl carbamates (subject to hydrolysis) is 1. The highest BCUT2D eigenvalue weighted by Gasteiger charge is 2.27. The lowest BCUT2D eigenvalue weighted by atomic mass is 10.1. The summed E-state index contributed by atoms with van der Waals surface area (Å²) in [4.78, 5) is 11.7. The van der Waals surface area contributed by atoms with Gasteiger partial charge in [0.2, 0.25) is 0 Å². The molecule has 1 rings (SSSR count). The minimum absolute atomic E-state index is 0.329. The Labute approximate surface area is 113 Å². The second-order valence-electron chi connectivity index (χ2n) is 5.44. The molecular formula is C14H21NO4. The van der Waals surface area contributed by atoms with Gasteiger partial charge in [0.05, 0.1) is 6.61 Å². The molecule has 1 amide bonds. The maximum atomic E-state index is 11.9. The Kier molecular flexibility index (Phi) is 5.47. The number of aliphatic hydroxyl groups is 1. The molecule has 0 aromatic heterocycles. The summed E-state index contributed by atoms with van der Waals surface area (Å²) in [6, 6.07) is 8.52. The number of nitrogens with one attached hydrogen (secondary N) is 1. The van der Waals surface area contributed by atoms with Crippen LogP contribution in [0.3, 0.4) is 0 Å². The summed E-state index contributed by atoms with van der Waals surface area (Å²) in [5, 5.41) is 20.5. The van der Waals surface area contributed by atoms with Crippen LogP contribution in [-0.4, -0.2) is 29.4 Å². The summed E-state index contributed by atoms with van der Waals surface area (Å²) in [7, 11) is 0. The smallest absolute Gasteiger partial charge is 0.515 e. The van der Waals surface area contributed by atoms with Crippen LogP contribution in [0.15, 0.2) is 30.3 Å². The minimum Gasteiger partial charge on any atom is -0.624 e. The summed E-state index contributed by atoms with van der Waals surface area (Å²) < 4.78 is 5.02. The lowest BCUT2D eigenvalue weighted by Gasteiger charge is -2.29. The van der Waals surface area contributed by atoms with E-state index in [4.69, 9.17) is 4.74 Å². The van der Waals surface area contributed by atoms with Gasteiger partial charge in [-0.15, -0.1) is 0 Å². The fourth-order valence-corrected chi connectivity index (χ4v) is 1.63. The maximum Gasteiger partial charge on any atom is 0.515 e. The number of ether oxygens (including phenoxy) is 1. The first-order valence-corrected chi connectivity index (χ1v) is 6.25. The van der Waals surface area contributed by atoms with E-state index in [-0.39, 0.29) is 6.61 Å². The number of amides is 1. The van der Waals surface area contributed by atoms with Gasteiger partial charge in [-0.2, -0.15) is 4.79 Å². The van der Waals surface area contributed by atoms with Gasteiger partial charge < -0.3 is 15.1 Å². The molecule has 1 aromatic carbocycles. The predicted octanol–water partition coefficient (Wildman–Crippen LogP) is 0.908. The monoisotopic (exact) mass is 267 g/mol. The third-order valence-corrected chi connectivity index (χ3v) is 2.52. The molecule has 2 N–H and O–H groups in total. The zero-order valence-corrected chi connectivity index (χ0v) is 11.6. The van der Waals surface area contributed by atoms with Crippen molar-refractivity contribution < 1.29 is 19.7 Å². The molecule has 0 aliphatic rings. The fraction of sp³-hybridized carbons (Fsp3) is 0.500. The number of carbonyl (C=O) groups is 1. The van der Waals surface area contributed by atoms with E-state index in [1.807, 2.05) is 30.3 Å². The Hall–Kier alpha value is -1.43. The van der Waals surface area contributed by atoms with Crippen molar-refractivity contribution in [1.82, 2.24) is 0 Å². The third kappa shape index (κ3) is 5.38. The van der Waals surface area contributed by atoms with Crippen molar-refractivity contribution in [1.29, 1.82) is 0 Å². The normalized spacial score (nSPS) is 14.8. The highest BCUT2D eigenvalue weighted by Crippen LogP contribution is 2.06. The van der Waals surface area contributed by atoms with Crippen LogP contribution in [0.5, 0.6) is 0 Å². The summed E-state index contributed by atoms with van der Waals surface area (Å²) in [6.45, 7) is 4.73. The number of aliphatic hydroxyl groups excluding tert-OH is 1. The fourth-order valence-electron chi connectivity index (χ4n) is 1.63. The molecule has 0 saturated heterocycles. The number of hydrogen-bond acceptors (Lipinski definition) is 4. The van der Waals surface area contributed by atoms with Crippen molar-refractivity contribution in [3.05, 3.63) is 41.1 Å². The molecule has 1 unspecified atom stereocenters. The summed E-state index contributed by atoms with van der Waals surface area (Å²) in [5.41, 5.74) is 0.193. The number of hydrogen-bond donors (Lipinski definition) is 2. The molecule has 1 aromatic rings. The largest absolute Gasteiger partial charge is 0.624 e. The van der Waals surface area contributed by atoms with Gasteiger partial charge in [-0.25, -0.2) is 0 Å². The number of rotatable bonds is 4. The van der Waals surface area contributed by atoms with Crippen LogP contribution in [0.2, 0.25) is 0 Å². The Balaban J connectivity index is 2.66. The van der Waals surface area contributed by atoms with Gasteiger partial charge in [0, 0.05) is 6.42 Å². The third-order valence-electron chi connectivity index (χ3n) is 2.52. The summed E-state index contributed by atoms with van der Waals surface area (Å²) in [5.74, 6) is 0. The van der Waals surface area contributed by atoms with Gasteiger partial charge in [0.1, 0.15) is 11.6 Å². The topological polar surface area (TPSA) is 74.0 Å². The van der Waals surface area contributed by atoms with E-state index < -0.39 is 22.8 Å². The summed E-state index contributed by atoms with van der Waals surface area (Å²) >= 11 is 0. The molecule has 0 fully saturated rings. The van der Waals surface area contributed by atoms with Crippen molar-refractivity contribution in [2.45, 2.75) is 38.8 Å². The zero-order chi connectivity index (χ0) is 14.5. The SMILES string of the molecule is CC(C)(C)OC(=O)[NH+]([O-])[C@H](CO)Cc1ccccc1. The molecule has 106 valence electrons. The van der Waals surface area contributed by atoms with Crippen molar-refractivity contribution in [2.75, 3.05) is 6.61 Å². The van der Waals surface area contributed by atoms with Crippen molar-refractivity contribution in [3.8, 4) is 0 Å². The highest BCUT2D eigenvalue weighted by atomic mass is 16.6. The lowest BCUT2D eigenvalue weighted by Crippen LogP contribution is -3.15. The molecule has 19 heavy (non-hydrogen) atoms. The van der Waals surface area contributed by atoms with Crippen LogP contribution in [0.1, 0.15) is 26.3 Å². The van der Waals surface area contributed by atoms with Crippen molar-refractivity contribution in [3.63, 3.8) is 0 Å². The van der Waals surface area contributed by atoms with Crippen LogP contribution in [0.25, 0.3) is 0 Å². The Morgan fingerprint density at radius 2 is 1.95 bits per heavy atom. The second-order valence-corrected chi connectivity index (χ2v) is 5.44. The zero-order valence-electron chi connectivity index (χ0n) is 11.6. The standard InChI is InChI=1S/C14H21NO4/c1-14(2,3)19-13(17)15(18)12(10-16)9-11-7-5-4-6-8-11/h4-8,12,15-16H,9-10H2,1-3H3/t12-/m0/s1. The Bertz CT molecular complexity index is 400. The molecule has 0 bridgehead atoms. The summed E-state index contributed by atoms with van der Waals surface area (Å²) in [6.07, 6.45) is -0.558. The van der Waals surface area contributed by atoms with Gasteiger partial charge in [-0.3, -0.25) is 5.06 Å². The lowest BCUT2D eigenvalue weighted by molar-refractivity contribution is -0.800. The number of carbonyl (C=O) groups excluding carboxylic acids is 1. The van der Waals surface area contributed by atoms with Crippen LogP contribution in [0, 0.1) is 5.21 Å². The molecule has 2 atom stereocenters. The van der Waals surface area contributed by atoms with E-state index in [1.165, 1.54) is 0 Å². The molecule has 5 heteroatoms. The van der Waals surface area contributed by atoms with Crippen LogP contribution >= 0.6 is 0 Å². The molecular weight excluding hydrogens is 246 g/mol. The van der Waals surface area contributed by atoms with Gasteiger partial charge in [-0.05, 0) is 26.3 Å². The average molecular weight is 267 g/mol. The Morgan fingerprint density at radius 3 is 2.42 bits per heavy atom. The number of quaternary nitrogens is 1. The van der Waals surface area contributed by atoms with Gasteiger partial charge in [-0.1, -0.05) is 30.3 Å². The second kappa shape index (κ2) is 6.65. The van der Waals surface area contributed by atoms with Crippen molar-refractivity contribution >= 4 is 6.09 Å². The molecule has 0 spiro atoms. The van der Waals surface area contributed by atoms with Crippen molar-refractivity contribution in [2.24, 2.45) is 0 Å². The number of benzene rings is 1. The van der Waals surface area contributed by atoms with E-state index in [0.717, 1.165) is 5.56 Å². The van der Waals surface area contributed by atoms with E-state index in [2.05, 4.69) is 0 Å². The predicted molar refractivity (Wildman–Crippen MR) is 71.6 cm³/mol. The maximum absolute atomic E-state index is 11.9. The first kappa shape index (κ1) is 15.6. The molecule has 5 nitrogen and oxygen atoms in total. The number of hydroxylamine groups is 2. The highest BCUT2D eigenvalue weighted by molar-refractivity contribution is 5.57. The molecule has 0 aliphatic heterocycles. The van der Waals surface area contributed by atoms with E-state index in [1.54, 1.807) is 20.8 Å². The molecule has 0 aliphatic carbocycles. The van der Waals surface area contributed by atoms with Gasteiger partial charge >= 0.3 is 6.09 Å². The quantitative estimate of drug-likeness (QED) is 0.795.